The summed E-state index contributed by atoms with van der Waals surface area (Å²) in [6, 6.07) is 8.16. The van der Waals surface area contributed by atoms with Crippen molar-refractivity contribution < 1.29 is 9.59 Å². The van der Waals surface area contributed by atoms with Crippen molar-refractivity contribution in [3.05, 3.63) is 35.4 Å². The van der Waals surface area contributed by atoms with Gasteiger partial charge in [0.1, 0.15) is 0 Å². The topological polar surface area (TPSA) is 40.6 Å². The lowest BCUT2D eigenvalue weighted by Gasteiger charge is -2.31. The molecule has 0 bridgehead atoms. The summed E-state index contributed by atoms with van der Waals surface area (Å²) >= 11 is 0. The van der Waals surface area contributed by atoms with Gasteiger partial charge in [-0.3, -0.25) is 9.59 Å². The molecule has 2 rings (SSSR count). The first kappa shape index (κ1) is 19.6. The summed E-state index contributed by atoms with van der Waals surface area (Å²) in [5.41, 5.74) is 2.14. The van der Waals surface area contributed by atoms with E-state index in [1.165, 1.54) is 5.56 Å². The summed E-state index contributed by atoms with van der Waals surface area (Å²) in [4.78, 5) is 28.3. The van der Waals surface area contributed by atoms with Gasteiger partial charge in [0.05, 0.1) is 0 Å². The molecular weight excluding hydrogens is 312 g/mol. The number of ketones is 1. The average Bonchev–Trinajstić information content (AvgIpc) is 2.59. The van der Waals surface area contributed by atoms with Gasteiger partial charge >= 0.3 is 0 Å². The van der Waals surface area contributed by atoms with Crippen LogP contribution >= 0.6 is 0 Å². The predicted octanol–water partition coefficient (Wildman–Crippen LogP) is 3.26. The smallest absolute Gasteiger partial charge is 0.223 e. The maximum Gasteiger partial charge on any atom is 0.223 e. The maximum atomic E-state index is 12.7. The van der Waals surface area contributed by atoms with Crippen LogP contribution in [0.5, 0.6) is 0 Å². The second-order valence-electron chi connectivity index (χ2n) is 7.81. The zero-order valence-electron chi connectivity index (χ0n) is 16.1. The number of hydrogen-bond acceptors (Lipinski definition) is 3. The highest BCUT2D eigenvalue weighted by Crippen LogP contribution is 2.22. The van der Waals surface area contributed by atoms with Crippen molar-refractivity contribution in [2.75, 3.05) is 33.7 Å². The third-order valence-corrected chi connectivity index (χ3v) is 4.98. The van der Waals surface area contributed by atoms with Crippen LogP contribution in [0.3, 0.4) is 0 Å². The number of Topliss-reactive ketones (excluding diaryl/α,β-unsaturated/α-hetero) is 1. The van der Waals surface area contributed by atoms with E-state index in [1.54, 1.807) is 19.0 Å². The minimum absolute atomic E-state index is 0.122. The fourth-order valence-electron chi connectivity index (χ4n) is 3.41. The third-order valence-electron chi connectivity index (χ3n) is 4.98. The van der Waals surface area contributed by atoms with E-state index in [0.29, 0.717) is 12.3 Å². The van der Waals surface area contributed by atoms with Crippen molar-refractivity contribution >= 4 is 11.7 Å². The molecule has 1 aliphatic heterocycles. The highest BCUT2D eigenvalue weighted by molar-refractivity contribution is 5.97. The predicted molar refractivity (Wildman–Crippen MR) is 102 cm³/mol. The van der Waals surface area contributed by atoms with E-state index in [1.807, 2.05) is 12.1 Å². The Hall–Kier alpha value is -1.68. The first-order valence-corrected chi connectivity index (χ1v) is 9.42. The Labute approximate surface area is 152 Å². The second-order valence-corrected chi connectivity index (χ2v) is 7.81. The highest BCUT2D eigenvalue weighted by atomic mass is 16.2. The van der Waals surface area contributed by atoms with Crippen LogP contribution in [0.4, 0.5) is 0 Å². The monoisotopic (exact) mass is 344 g/mol. The van der Waals surface area contributed by atoms with E-state index >= 15 is 0 Å². The van der Waals surface area contributed by atoms with Crippen LogP contribution in [0, 0.1) is 11.8 Å². The van der Waals surface area contributed by atoms with Crippen molar-refractivity contribution in [1.82, 2.24) is 9.80 Å². The number of amides is 1. The lowest BCUT2D eigenvalue weighted by Crippen LogP contribution is -2.38. The molecule has 1 amide bonds. The zero-order chi connectivity index (χ0) is 18.4. The van der Waals surface area contributed by atoms with Gasteiger partial charge in [0.2, 0.25) is 5.91 Å². The SMILES string of the molecule is CC(C)Cc1ccc(C(=O)C2CCN(CCC(=O)N(C)C)CC2)cc1. The van der Waals surface area contributed by atoms with Gasteiger partial charge in [-0.05, 0) is 43.8 Å². The fourth-order valence-corrected chi connectivity index (χ4v) is 3.41. The molecule has 0 aromatic heterocycles. The average molecular weight is 344 g/mol. The molecule has 1 aliphatic rings. The van der Waals surface area contributed by atoms with Crippen molar-refractivity contribution in [3.63, 3.8) is 0 Å². The minimum atomic E-state index is 0.122. The van der Waals surface area contributed by atoms with E-state index in [2.05, 4.69) is 30.9 Å². The van der Waals surface area contributed by atoms with Gasteiger partial charge in [-0.15, -0.1) is 0 Å². The lowest BCUT2D eigenvalue weighted by atomic mass is 9.88. The molecular formula is C21H32N2O2. The number of likely N-dealkylation sites (tertiary alicyclic amines) is 1. The lowest BCUT2D eigenvalue weighted by molar-refractivity contribution is -0.129. The number of carbonyl (C=O) groups excluding carboxylic acids is 2. The quantitative estimate of drug-likeness (QED) is 0.713. The van der Waals surface area contributed by atoms with E-state index in [0.717, 1.165) is 44.5 Å². The molecule has 0 N–H and O–H groups in total. The maximum absolute atomic E-state index is 12.7. The Morgan fingerprint density at radius 3 is 2.24 bits per heavy atom. The zero-order valence-corrected chi connectivity index (χ0v) is 16.1. The number of hydrogen-bond donors (Lipinski definition) is 0. The van der Waals surface area contributed by atoms with Gasteiger partial charge in [-0.25, -0.2) is 0 Å². The van der Waals surface area contributed by atoms with Gasteiger partial charge in [0.15, 0.2) is 5.78 Å². The van der Waals surface area contributed by atoms with Crippen LogP contribution in [0.1, 0.15) is 49.0 Å². The van der Waals surface area contributed by atoms with Gasteiger partial charge in [-0.1, -0.05) is 38.1 Å². The Morgan fingerprint density at radius 2 is 1.72 bits per heavy atom. The molecule has 0 unspecified atom stereocenters. The van der Waals surface area contributed by atoms with Gasteiger partial charge in [0, 0.05) is 38.5 Å². The summed E-state index contributed by atoms with van der Waals surface area (Å²) in [6.07, 6.45) is 3.40. The van der Waals surface area contributed by atoms with E-state index in [9.17, 15) is 9.59 Å². The largest absolute Gasteiger partial charge is 0.349 e. The summed E-state index contributed by atoms with van der Waals surface area (Å²) in [5.74, 6) is 1.20. The van der Waals surface area contributed by atoms with E-state index < -0.39 is 0 Å². The van der Waals surface area contributed by atoms with Gasteiger partial charge in [0.25, 0.3) is 0 Å². The fraction of sp³-hybridized carbons (Fsp3) is 0.619. The molecule has 0 spiro atoms. The number of carbonyl (C=O) groups is 2. The summed E-state index contributed by atoms with van der Waals surface area (Å²) < 4.78 is 0. The Morgan fingerprint density at radius 1 is 1.12 bits per heavy atom. The molecule has 1 aromatic rings. The van der Waals surface area contributed by atoms with Crippen LogP contribution in [0.2, 0.25) is 0 Å². The van der Waals surface area contributed by atoms with Crippen molar-refractivity contribution in [2.45, 2.75) is 39.5 Å². The summed E-state index contributed by atoms with van der Waals surface area (Å²) in [7, 11) is 3.58. The van der Waals surface area contributed by atoms with Crippen molar-refractivity contribution in [1.29, 1.82) is 0 Å². The van der Waals surface area contributed by atoms with Gasteiger partial charge in [-0.2, -0.15) is 0 Å². The molecule has 0 aliphatic carbocycles. The molecule has 4 heteroatoms. The Balaban J connectivity index is 1.81. The molecule has 25 heavy (non-hydrogen) atoms. The van der Waals surface area contributed by atoms with Crippen molar-refractivity contribution in [3.8, 4) is 0 Å². The molecule has 1 heterocycles. The summed E-state index contributed by atoms with van der Waals surface area (Å²) in [6.45, 7) is 7.02. The number of benzene rings is 1. The highest BCUT2D eigenvalue weighted by Gasteiger charge is 2.26. The molecule has 0 saturated carbocycles. The van der Waals surface area contributed by atoms with E-state index in [-0.39, 0.29) is 17.6 Å². The third kappa shape index (κ3) is 5.96. The molecule has 1 fully saturated rings. The molecule has 0 atom stereocenters. The Kier molecular flexibility index (Phi) is 7.18. The normalized spacial score (nSPS) is 16.2. The molecule has 138 valence electrons. The molecule has 0 radical (unpaired) electrons. The Bertz CT molecular complexity index is 570. The molecule has 4 nitrogen and oxygen atoms in total. The number of nitrogens with zero attached hydrogens (tertiary/aromatic N) is 2. The standard InChI is InChI=1S/C21H32N2O2/c1-16(2)15-17-5-7-18(8-6-17)21(25)19-9-12-23(13-10-19)14-11-20(24)22(3)4/h5-8,16,19H,9-15H2,1-4H3. The van der Waals surface area contributed by atoms with Crippen molar-refractivity contribution in [2.24, 2.45) is 11.8 Å². The number of rotatable bonds is 7. The first-order chi connectivity index (χ1) is 11.9. The summed E-state index contributed by atoms with van der Waals surface area (Å²) in [5, 5.41) is 0. The number of piperidine rings is 1. The van der Waals surface area contributed by atoms with E-state index in [4.69, 9.17) is 0 Å². The molecule has 1 saturated heterocycles. The van der Waals surface area contributed by atoms with Crippen LogP contribution in [0.15, 0.2) is 24.3 Å². The van der Waals surface area contributed by atoms with Crippen LogP contribution < -0.4 is 0 Å². The van der Waals surface area contributed by atoms with Crippen LogP contribution in [-0.2, 0) is 11.2 Å². The molecule has 1 aromatic carbocycles. The minimum Gasteiger partial charge on any atom is -0.349 e. The van der Waals surface area contributed by atoms with Crippen LogP contribution in [0.25, 0.3) is 0 Å². The van der Waals surface area contributed by atoms with Crippen LogP contribution in [-0.4, -0.2) is 55.2 Å². The van der Waals surface area contributed by atoms with Gasteiger partial charge < -0.3 is 9.80 Å². The first-order valence-electron chi connectivity index (χ1n) is 9.42. The second kappa shape index (κ2) is 9.14.